The van der Waals surface area contributed by atoms with E-state index in [2.05, 4.69) is 5.32 Å². The SMILES string of the molecule is OCCNCC1OCCCC1O. The van der Waals surface area contributed by atoms with Crippen molar-refractivity contribution in [2.45, 2.75) is 25.0 Å². The Kier molecular flexibility index (Phi) is 4.53. The van der Waals surface area contributed by atoms with Crippen LogP contribution in [0.2, 0.25) is 0 Å². The Bertz CT molecular complexity index is 121. The minimum absolute atomic E-state index is 0.0923. The summed E-state index contributed by atoms with van der Waals surface area (Å²) < 4.78 is 5.34. The fourth-order valence-corrected chi connectivity index (χ4v) is 1.34. The van der Waals surface area contributed by atoms with Gasteiger partial charge < -0.3 is 20.3 Å². The normalized spacial score (nSPS) is 30.5. The molecule has 0 radical (unpaired) electrons. The van der Waals surface area contributed by atoms with Gasteiger partial charge >= 0.3 is 0 Å². The lowest BCUT2D eigenvalue weighted by Gasteiger charge is -2.28. The van der Waals surface area contributed by atoms with E-state index in [-0.39, 0.29) is 18.8 Å². The van der Waals surface area contributed by atoms with Crippen molar-refractivity contribution in [2.24, 2.45) is 0 Å². The Morgan fingerprint density at radius 1 is 1.50 bits per heavy atom. The predicted octanol–water partition coefficient (Wildman–Crippen LogP) is -0.892. The molecule has 0 amide bonds. The molecule has 3 N–H and O–H groups in total. The summed E-state index contributed by atoms with van der Waals surface area (Å²) >= 11 is 0. The molecule has 0 saturated carbocycles. The lowest BCUT2D eigenvalue weighted by atomic mass is 10.1. The van der Waals surface area contributed by atoms with Crippen LogP contribution in [0.5, 0.6) is 0 Å². The van der Waals surface area contributed by atoms with Crippen LogP contribution in [-0.4, -0.2) is 48.7 Å². The Balaban J connectivity index is 2.11. The second kappa shape index (κ2) is 5.48. The first-order valence-electron chi connectivity index (χ1n) is 4.46. The van der Waals surface area contributed by atoms with E-state index in [4.69, 9.17) is 9.84 Å². The number of hydrogen-bond acceptors (Lipinski definition) is 4. The lowest BCUT2D eigenvalue weighted by molar-refractivity contribution is -0.0718. The Morgan fingerprint density at radius 2 is 2.33 bits per heavy atom. The van der Waals surface area contributed by atoms with Crippen LogP contribution >= 0.6 is 0 Å². The van der Waals surface area contributed by atoms with Gasteiger partial charge in [-0.2, -0.15) is 0 Å². The fourth-order valence-electron chi connectivity index (χ4n) is 1.34. The zero-order valence-electron chi connectivity index (χ0n) is 7.20. The molecular weight excluding hydrogens is 158 g/mol. The molecule has 4 heteroatoms. The molecule has 0 spiro atoms. The third-order valence-electron chi connectivity index (χ3n) is 2.04. The number of aliphatic hydroxyl groups is 2. The van der Waals surface area contributed by atoms with Crippen LogP contribution in [0.4, 0.5) is 0 Å². The first kappa shape index (κ1) is 9.92. The van der Waals surface area contributed by atoms with Crippen molar-refractivity contribution in [1.29, 1.82) is 0 Å². The summed E-state index contributed by atoms with van der Waals surface area (Å²) in [6, 6.07) is 0. The van der Waals surface area contributed by atoms with Gasteiger partial charge in [0.05, 0.1) is 18.8 Å². The first-order chi connectivity index (χ1) is 5.84. The smallest absolute Gasteiger partial charge is 0.0957 e. The van der Waals surface area contributed by atoms with Gasteiger partial charge in [0.2, 0.25) is 0 Å². The van der Waals surface area contributed by atoms with Crippen LogP contribution < -0.4 is 5.32 Å². The number of nitrogens with one attached hydrogen (secondary N) is 1. The molecule has 12 heavy (non-hydrogen) atoms. The average molecular weight is 175 g/mol. The van der Waals surface area contributed by atoms with Crippen LogP contribution in [-0.2, 0) is 4.74 Å². The topological polar surface area (TPSA) is 61.7 Å². The molecule has 1 fully saturated rings. The quantitative estimate of drug-likeness (QED) is 0.485. The van der Waals surface area contributed by atoms with E-state index in [0.717, 1.165) is 19.4 Å². The van der Waals surface area contributed by atoms with Crippen molar-refractivity contribution in [1.82, 2.24) is 5.32 Å². The van der Waals surface area contributed by atoms with E-state index in [1.165, 1.54) is 0 Å². The maximum atomic E-state index is 9.44. The van der Waals surface area contributed by atoms with Gasteiger partial charge in [-0.15, -0.1) is 0 Å². The second-order valence-corrected chi connectivity index (χ2v) is 3.05. The highest BCUT2D eigenvalue weighted by Gasteiger charge is 2.22. The largest absolute Gasteiger partial charge is 0.395 e. The standard InChI is InChI=1S/C8H17NO3/c10-4-3-9-6-8-7(11)2-1-5-12-8/h7-11H,1-6H2. The maximum absolute atomic E-state index is 9.44. The van der Waals surface area contributed by atoms with Crippen molar-refractivity contribution in [3.8, 4) is 0 Å². The summed E-state index contributed by atoms with van der Waals surface area (Å²) in [7, 11) is 0. The van der Waals surface area contributed by atoms with Gasteiger partial charge in [-0.05, 0) is 12.8 Å². The lowest BCUT2D eigenvalue weighted by Crippen LogP contribution is -2.42. The predicted molar refractivity (Wildman–Crippen MR) is 44.9 cm³/mol. The highest BCUT2D eigenvalue weighted by Crippen LogP contribution is 2.12. The Morgan fingerprint density at radius 3 is 3.00 bits per heavy atom. The summed E-state index contributed by atoms with van der Waals surface area (Å²) in [5, 5.41) is 20.9. The molecule has 2 unspecified atom stereocenters. The first-order valence-corrected chi connectivity index (χ1v) is 4.46. The molecule has 0 aromatic rings. The molecule has 4 nitrogen and oxygen atoms in total. The highest BCUT2D eigenvalue weighted by molar-refractivity contribution is 4.75. The van der Waals surface area contributed by atoms with Gasteiger partial charge in [-0.3, -0.25) is 0 Å². The van der Waals surface area contributed by atoms with Crippen LogP contribution in [0, 0.1) is 0 Å². The van der Waals surface area contributed by atoms with Gasteiger partial charge in [0.25, 0.3) is 0 Å². The van der Waals surface area contributed by atoms with E-state index in [0.29, 0.717) is 13.1 Å². The molecule has 0 aromatic heterocycles. The van der Waals surface area contributed by atoms with E-state index >= 15 is 0 Å². The summed E-state index contributed by atoms with van der Waals surface area (Å²) in [4.78, 5) is 0. The summed E-state index contributed by atoms with van der Waals surface area (Å²) in [5.41, 5.74) is 0. The minimum atomic E-state index is -0.343. The molecule has 0 aromatic carbocycles. The van der Waals surface area contributed by atoms with E-state index in [1.807, 2.05) is 0 Å². The van der Waals surface area contributed by atoms with Crippen LogP contribution in [0.15, 0.2) is 0 Å². The summed E-state index contributed by atoms with van der Waals surface area (Å²) in [6.07, 6.45) is 1.33. The van der Waals surface area contributed by atoms with Crippen LogP contribution in [0.25, 0.3) is 0 Å². The van der Waals surface area contributed by atoms with Crippen molar-refractivity contribution >= 4 is 0 Å². The van der Waals surface area contributed by atoms with Crippen molar-refractivity contribution < 1.29 is 14.9 Å². The van der Waals surface area contributed by atoms with E-state index in [9.17, 15) is 5.11 Å². The Labute approximate surface area is 72.5 Å². The summed E-state index contributed by atoms with van der Waals surface area (Å²) in [5.74, 6) is 0. The van der Waals surface area contributed by atoms with Gasteiger partial charge in [0.1, 0.15) is 0 Å². The molecule has 1 saturated heterocycles. The molecule has 1 rings (SSSR count). The average Bonchev–Trinajstić information content (AvgIpc) is 2.09. The third kappa shape index (κ3) is 3.06. The molecule has 1 aliphatic heterocycles. The van der Waals surface area contributed by atoms with Crippen molar-refractivity contribution in [2.75, 3.05) is 26.3 Å². The van der Waals surface area contributed by atoms with Crippen LogP contribution in [0.3, 0.4) is 0 Å². The second-order valence-electron chi connectivity index (χ2n) is 3.05. The van der Waals surface area contributed by atoms with Gasteiger partial charge in [-0.1, -0.05) is 0 Å². The third-order valence-corrected chi connectivity index (χ3v) is 2.04. The Hall–Kier alpha value is -0.160. The highest BCUT2D eigenvalue weighted by atomic mass is 16.5. The van der Waals surface area contributed by atoms with Gasteiger partial charge in [0, 0.05) is 19.7 Å². The molecule has 0 bridgehead atoms. The fraction of sp³-hybridized carbons (Fsp3) is 1.00. The monoisotopic (exact) mass is 175 g/mol. The van der Waals surface area contributed by atoms with Crippen molar-refractivity contribution in [3.05, 3.63) is 0 Å². The molecule has 1 aliphatic rings. The summed E-state index contributed by atoms with van der Waals surface area (Å²) in [6.45, 7) is 2.06. The van der Waals surface area contributed by atoms with Crippen molar-refractivity contribution in [3.63, 3.8) is 0 Å². The molecule has 72 valence electrons. The molecule has 1 heterocycles. The van der Waals surface area contributed by atoms with E-state index in [1.54, 1.807) is 0 Å². The molecular formula is C8H17NO3. The molecule has 2 atom stereocenters. The maximum Gasteiger partial charge on any atom is 0.0957 e. The van der Waals surface area contributed by atoms with Gasteiger partial charge in [0.15, 0.2) is 0 Å². The zero-order valence-corrected chi connectivity index (χ0v) is 7.20. The number of aliphatic hydroxyl groups excluding tert-OH is 2. The van der Waals surface area contributed by atoms with Crippen LogP contribution in [0.1, 0.15) is 12.8 Å². The number of ether oxygens (including phenoxy) is 1. The zero-order chi connectivity index (χ0) is 8.81. The van der Waals surface area contributed by atoms with E-state index < -0.39 is 0 Å². The number of hydrogen-bond donors (Lipinski definition) is 3. The van der Waals surface area contributed by atoms with Gasteiger partial charge in [-0.25, -0.2) is 0 Å². The number of rotatable bonds is 4. The molecule has 0 aliphatic carbocycles. The minimum Gasteiger partial charge on any atom is -0.395 e.